The standard InChI is InChI=1S/C18H24N2O2/c1-4-19-7-9-20(10-8-19)17(21)11-15-12-22-18-14(3)13(2)5-6-16(15)18/h5-6,12H,4,7-11H2,1-3H3. The summed E-state index contributed by atoms with van der Waals surface area (Å²) in [5.74, 6) is 0.205. The van der Waals surface area contributed by atoms with E-state index in [1.165, 1.54) is 5.56 Å². The molecule has 0 aliphatic carbocycles. The van der Waals surface area contributed by atoms with Crippen molar-refractivity contribution in [3.05, 3.63) is 35.1 Å². The number of rotatable bonds is 3. The minimum absolute atomic E-state index is 0.205. The molecule has 118 valence electrons. The first-order valence-corrected chi connectivity index (χ1v) is 8.06. The number of hydrogen-bond acceptors (Lipinski definition) is 3. The Bertz CT molecular complexity index is 682. The maximum Gasteiger partial charge on any atom is 0.227 e. The van der Waals surface area contributed by atoms with Gasteiger partial charge in [0, 0.05) is 37.1 Å². The first kappa shape index (κ1) is 15.1. The number of piperazine rings is 1. The quantitative estimate of drug-likeness (QED) is 0.874. The molecule has 2 aromatic rings. The van der Waals surface area contributed by atoms with Crippen molar-refractivity contribution in [2.75, 3.05) is 32.7 Å². The first-order valence-electron chi connectivity index (χ1n) is 8.06. The number of carbonyl (C=O) groups excluding carboxylic acids is 1. The Morgan fingerprint density at radius 3 is 2.59 bits per heavy atom. The molecule has 1 aromatic carbocycles. The van der Waals surface area contributed by atoms with Crippen molar-refractivity contribution in [1.29, 1.82) is 0 Å². The second-order valence-corrected chi connectivity index (χ2v) is 6.14. The van der Waals surface area contributed by atoms with Crippen molar-refractivity contribution in [1.82, 2.24) is 9.80 Å². The number of likely N-dealkylation sites (N-methyl/N-ethyl adjacent to an activating group) is 1. The van der Waals surface area contributed by atoms with Gasteiger partial charge in [-0.3, -0.25) is 4.79 Å². The Labute approximate surface area is 131 Å². The summed E-state index contributed by atoms with van der Waals surface area (Å²) in [6, 6.07) is 4.17. The zero-order chi connectivity index (χ0) is 15.7. The van der Waals surface area contributed by atoms with Crippen LogP contribution in [0.15, 0.2) is 22.8 Å². The number of benzene rings is 1. The number of carbonyl (C=O) groups is 1. The predicted octanol–water partition coefficient (Wildman–Crippen LogP) is 2.76. The molecule has 1 amide bonds. The van der Waals surface area contributed by atoms with E-state index >= 15 is 0 Å². The lowest BCUT2D eigenvalue weighted by Crippen LogP contribution is -2.48. The second-order valence-electron chi connectivity index (χ2n) is 6.14. The van der Waals surface area contributed by atoms with E-state index < -0.39 is 0 Å². The van der Waals surface area contributed by atoms with E-state index in [1.807, 2.05) is 4.90 Å². The molecular weight excluding hydrogens is 276 g/mol. The molecule has 0 unspecified atom stereocenters. The molecule has 1 aliphatic heterocycles. The van der Waals surface area contributed by atoms with Crippen molar-refractivity contribution in [2.24, 2.45) is 0 Å². The van der Waals surface area contributed by atoms with Crippen molar-refractivity contribution in [3.8, 4) is 0 Å². The Kier molecular flexibility index (Phi) is 4.21. The van der Waals surface area contributed by atoms with Crippen LogP contribution in [0.4, 0.5) is 0 Å². The van der Waals surface area contributed by atoms with Gasteiger partial charge in [-0.25, -0.2) is 0 Å². The van der Waals surface area contributed by atoms with Crippen LogP contribution in [0.1, 0.15) is 23.6 Å². The third kappa shape index (κ3) is 2.75. The fourth-order valence-corrected chi connectivity index (χ4v) is 3.11. The van der Waals surface area contributed by atoms with Crippen LogP contribution in [-0.2, 0) is 11.2 Å². The van der Waals surface area contributed by atoms with Crippen LogP contribution in [0.5, 0.6) is 0 Å². The zero-order valence-corrected chi connectivity index (χ0v) is 13.7. The molecule has 0 bridgehead atoms. The molecule has 1 saturated heterocycles. The highest BCUT2D eigenvalue weighted by Crippen LogP contribution is 2.27. The largest absolute Gasteiger partial charge is 0.464 e. The second kappa shape index (κ2) is 6.13. The molecule has 4 heteroatoms. The summed E-state index contributed by atoms with van der Waals surface area (Å²) < 4.78 is 5.70. The van der Waals surface area contributed by atoms with Crippen molar-refractivity contribution in [2.45, 2.75) is 27.2 Å². The number of fused-ring (bicyclic) bond motifs is 1. The van der Waals surface area contributed by atoms with Gasteiger partial charge in [-0.05, 0) is 31.5 Å². The highest BCUT2D eigenvalue weighted by atomic mass is 16.3. The average Bonchev–Trinajstić information content (AvgIpc) is 2.94. The van der Waals surface area contributed by atoms with E-state index in [4.69, 9.17) is 4.42 Å². The summed E-state index contributed by atoms with van der Waals surface area (Å²) in [6.45, 7) is 11.0. The molecule has 1 aromatic heterocycles. The molecule has 1 aliphatic rings. The maximum absolute atomic E-state index is 12.5. The number of nitrogens with zero attached hydrogens (tertiary/aromatic N) is 2. The van der Waals surface area contributed by atoms with E-state index in [0.717, 1.165) is 54.8 Å². The lowest BCUT2D eigenvalue weighted by atomic mass is 10.0. The number of hydrogen-bond donors (Lipinski definition) is 0. The van der Waals surface area contributed by atoms with Gasteiger partial charge in [0.1, 0.15) is 5.58 Å². The fourth-order valence-electron chi connectivity index (χ4n) is 3.11. The van der Waals surface area contributed by atoms with Gasteiger partial charge in [0.05, 0.1) is 12.7 Å². The number of aryl methyl sites for hydroxylation is 2. The van der Waals surface area contributed by atoms with Crippen LogP contribution in [0, 0.1) is 13.8 Å². The van der Waals surface area contributed by atoms with Gasteiger partial charge < -0.3 is 14.2 Å². The molecule has 0 radical (unpaired) electrons. The first-order chi connectivity index (χ1) is 10.6. The molecule has 2 heterocycles. The Morgan fingerprint density at radius 1 is 1.18 bits per heavy atom. The molecule has 0 atom stereocenters. The topological polar surface area (TPSA) is 36.7 Å². The van der Waals surface area contributed by atoms with Gasteiger partial charge in [0.2, 0.25) is 5.91 Å². The van der Waals surface area contributed by atoms with E-state index in [0.29, 0.717) is 6.42 Å². The lowest BCUT2D eigenvalue weighted by molar-refractivity contribution is -0.132. The summed E-state index contributed by atoms with van der Waals surface area (Å²) in [6.07, 6.45) is 2.18. The molecule has 0 N–H and O–H groups in total. The molecule has 22 heavy (non-hydrogen) atoms. The SMILES string of the molecule is CCN1CCN(C(=O)Cc2coc3c(C)c(C)ccc23)CC1. The van der Waals surface area contributed by atoms with Crippen LogP contribution in [0.3, 0.4) is 0 Å². The van der Waals surface area contributed by atoms with E-state index in [-0.39, 0.29) is 5.91 Å². The summed E-state index contributed by atoms with van der Waals surface area (Å²) in [5, 5.41) is 1.07. The fraction of sp³-hybridized carbons (Fsp3) is 0.500. The predicted molar refractivity (Wildman–Crippen MR) is 88.1 cm³/mol. The monoisotopic (exact) mass is 300 g/mol. The third-order valence-corrected chi connectivity index (χ3v) is 4.86. The lowest BCUT2D eigenvalue weighted by Gasteiger charge is -2.34. The summed E-state index contributed by atoms with van der Waals surface area (Å²) in [7, 11) is 0. The summed E-state index contributed by atoms with van der Waals surface area (Å²) in [4.78, 5) is 16.9. The smallest absolute Gasteiger partial charge is 0.227 e. The van der Waals surface area contributed by atoms with E-state index in [9.17, 15) is 4.79 Å². The average molecular weight is 300 g/mol. The number of furan rings is 1. The van der Waals surface area contributed by atoms with Crippen LogP contribution in [-0.4, -0.2) is 48.4 Å². The van der Waals surface area contributed by atoms with E-state index in [2.05, 4.69) is 37.8 Å². The maximum atomic E-state index is 12.5. The van der Waals surface area contributed by atoms with Crippen molar-refractivity contribution < 1.29 is 9.21 Å². The molecule has 0 saturated carbocycles. The third-order valence-electron chi connectivity index (χ3n) is 4.86. The van der Waals surface area contributed by atoms with Gasteiger partial charge in [-0.15, -0.1) is 0 Å². The highest BCUT2D eigenvalue weighted by molar-refractivity contribution is 5.89. The molecule has 4 nitrogen and oxygen atoms in total. The Balaban J connectivity index is 1.74. The zero-order valence-electron chi connectivity index (χ0n) is 13.7. The van der Waals surface area contributed by atoms with Crippen LogP contribution >= 0.6 is 0 Å². The van der Waals surface area contributed by atoms with Gasteiger partial charge in [-0.2, -0.15) is 0 Å². The molecule has 3 rings (SSSR count). The Hall–Kier alpha value is -1.81. The summed E-state index contributed by atoms with van der Waals surface area (Å²) >= 11 is 0. The minimum Gasteiger partial charge on any atom is -0.464 e. The van der Waals surface area contributed by atoms with Crippen LogP contribution in [0.25, 0.3) is 11.0 Å². The molecular formula is C18H24N2O2. The molecule has 1 fully saturated rings. The van der Waals surface area contributed by atoms with Gasteiger partial charge >= 0.3 is 0 Å². The minimum atomic E-state index is 0.205. The van der Waals surface area contributed by atoms with Gasteiger partial charge in [0.15, 0.2) is 0 Å². The van der Waals surface area contributed by atoms with Gasteiger partial charge in [0.25, 0.3) is 0 Å². The van der Waals surface area contributed by atoms with Crippen LogP contribution in [0.2, 0.25) is 0 Å². The number of amides is 1. The van der Waals surface area contributed by atoms with E-state index in [1.54, 1.807) is 6.26 Å². The highest BCUT2D eigenvalue weighted by Gasteiger charge is 2.21. The summed E-state index contributed by atoms with van der Waals surface area (Å²) in [5.41, 5.74) is 4.29. The van der Waals surface area contributed by atoms with Crippen LogP contribution < -0.4 is 0 Å². The van der Waals surface area contributed by atoms with Crippen molar-refractivity contribution in [3.63, 3.8) is 0 Å². The van der Waals surface area contributed by atoms with Gasteiger partial charge in [-0.1, -0.05) is 19.1 Å². The Morgan fingerprint density at radius 2 is 1.91 bits per heavy atom. The molecule has 0 spiro atoms. The van der Waals surface area contributed by atoms with Crippen molar-refractivity contribution >= 4 is 16.9 Å². The normalized spacial score (nSPS) is 16.4.